The maximum Gasteiger partial charge on any atom is 0.472 e. The van der Waals surface area contributed by atoms with Crippen LogP contribution in [0.2, 0.25) is 0 Å². The second-order valence-corrected chi connectivity index (χ2v) is 22.1. The zero-order valence-electron chi connectivity index (χ0n) is 46.2. The number of hydrogen-bond acceptors (Lipinski definition) is 5. The van der Waals surface area contributed by atoms with Crippen molar-refractivity contribution in [2.45, 2.75) is 257 Å². The lowest BCUT2D eigenvalue weighted by Gasteiger charge is -2.26. The van der Waals surface area contributed by atoms with Crippen LogP contribution in [0.25, 0.3) is 0 Å². The molecule has 0 radical (unpaired) electrons. The molecule has 3 atom stereocenters. The van der Waals surface area contributed by atoms with Crippen LogP contribution >= 0.6 is 7.82 Å². The van der Waals surface area contributed by atoms with Crippen molar-refractivity contribution in [1.82, 2.24) is 5.32 Å². The van der Waals surface area contributed by atoms with Gasteiger partial charge in [-0.3, -0.25) is 13.8 Å². The molecule has 0 bridgehead atoms. The van der Waals surface area contributed by atoms with Gasteiger partial charge in [0, 0.05) is 6.42 Å². The number of hydrogen-bond donors (Lipinski definition) is 3. The Balaban J connectivity index is 4.05. The van der Waals surface area contributed by atoms with Gasteiger partial charge in [0.05, 0.1) is 39.9 Å². The molecular formula is C61H112N2O6P+. The molecule has 0 aromatic heterocycles. The molecule has 8 nitrogen and oxygen atoms in total. The van der Waals surface area contributed by atoms with Crippen LogP contribution in [0.15, 0.2) is 85.1 Å². The highest BCUT2D eigenvalue weighted by Gasteiger charge is 2.28. The van der Waals surface area contributed by atoms with Gasteiger partial charge in [-0.25, -0.2) is 4.57 Å². The van der Waals surface area contributed by atoms with E-state index in [1.54, 1.807) is 0 Å². The summed E-state index contributed by atoms with van der Waals surface area (Å²) < 4.78 is 23.7. The number of nitrogens with zero attached hydrogens (tertiary/aromatic N) is 1. The second kappa shape index (κ2) is 51.6. The molecule has 0 fully saturated rings. The first-order chi connectivity index (χ1) is 34.0. The predicted molar refractivity (Wildman–Crippen MR) is 304 cm³/mol. The highest BCUT2D eigenvalue weighted by Crippen LogP contribution is 2.43. The van der Waals surface area contributed by atoms with E-state index in [9.17, 15) is 19.4 Å². The normalized spacial score (nSPS) is 14.6. The lowest BCUT2D eigenvalue weighted by molar-refractivity contribution is -0.870. The van der Waals surface area contributed by atoms with E-state index in [4.69, 9.17) is 9.05 Å². The summed E-state index contributed by atoms with van der Waals surface area (Å²) in [6, 6.07) is -0.764. The molecule has 3 N–H and O–H groups in total. The molecule has 0 spiro atoms. The first-order valence-electron chi connectivity index (χ1n) is 29.0. The van der Waals surface area contributed by atoms with E-state index in [1.165, 1.54) is 135 Å². The Kier molecular flexibility index (Phi) is 49.9. The van der Waals surface area contributed by atoms with Crippen molar-refractivity contribution in [1.29, 1.82) is 0 Å². The average molecular weight is 1000 g/mol. The van der Waals surface area contributed by atoms with Crippen molar-refractivity contribution in [2.24, 2.45) is 0 Å². The molecule has 3 unspecified atom stereocenters. The highest BCUT2D eigenvalue weighted by atomic mass is 31.2. The lowest BCUT2D eigenvalue weighted by atomic mass is 10.0. The maximum atomic E-state index is 13.0. The fourth-order valence-electron chi connectivity index (χ4n) is 8.15. The Bertz CT molecular complexity index is 1410. The van der Waals surface area contributed by atoms with Gasteiger partial charge in [0.1, 0.15) is 13.2 Å². The van der Waals surface area contributed by atoms with E-state index in [0.717, 1.165) is 83.5 Å². The number of phosphoric acid groups is 1. The van der Waals surface area contributed by atoms with Gasteiger partial charge < -0.3 is 19.8 Å². The average Bonchev–Trinajstić information content (AvgIpc) is 3.32. The molecule has 0 rings (SSSR count). The van der Waals surface area contributed by atoms with Crippen LogP contribution in [0.5, 0.6) is 0 Å². The minimum absolute atomic E-state index is 0.0720. The topological polar surface area (TPSA) is 105 Å². The molecule has 0 saturated heterocycles. The number of carbonyl (C=O) groups excluding carboxylic acids is 1. The van der Waals surface area contributed by atoms with Crippen LogP contribution in [0.3, 0.4) is 0 Å². The number of aliphatic hydroxyl groups excluding tert-OH is 1. The van der Waals surface area contributed by atoms with Crippen LogP contribution in [0.4, 0.5) is 0 Å². The molecule has 0 aromatic rings. The number of aliphatic hydroxyl groups is 1. The monoisotopic (exact) mass is 1000 g/mol. The minimum Gasteiger partial charge on any atom is -0.391 e. The summed E-state index contributed by atoms with van der Waals surface area (Å²) in [6.07, 6.45) is 72.1. The van der Waals surface area contributed by atoms with E-state index in [0.29, 0.717) is 23.9 Å². The van der Waals surface area contributed by atoms with Crippen LogP contribution in [0, 0.1) is 0 Å². The first kappa shape index (κ1) is 67.7. The summed E-state index contributed by atoms with van der Waals surface area (Å²) in [5.41, 5.74) is 0. The van der Waals surface area contributed by atoms with Gasteiger partial charge >= 0.3 is 7.82 Å². The summed E-state index contributed by atoms with van der Waals surface area (Å²) in [4.78, 5) is 23.3. The van der Waals surface area contributed by atoms with E-state index >= 15 is 0 Å². The molecule has 0 saturated carbocycles. The Hall–Kier alpha value is -2.32. The molecule has 70 heavy (non-hydrogen) atoms. The van der Waals surface area contributed by atoms with Crippen molar-refractivity contribution < 1.29 is 32.9 Å². The van der Waals surface area contributed by atoms with Gasteiger partial charge in [0.25, 0.3) is 0 Å². The Morgan fingerprint density at radius 1 is 0.500 bits per heavy atom. The van der Waals surface area contributed by atoms with Crippen molar-refractivity contribution in [3.63, 3.8) is 0 Å². The third kappa shape index (κ3) is 53.5. The SMILES string of the molecule is CC/C=C\C/C=C\C/C=C\C/C=C\C/C=C\C/C=C\C/C=C\CCCCCCCCCCCCCCCC(=O)NC(COP(=O)(O)OCC[N+](C)(C)C)C(O)CCCCCCCCCCCCCCC. The zero-order chi connectivity index (χ0) is 51.3. The predicted octanol–water partition coefficient (Wildman–Crippen LogP) is 17.6. The molecule has 0 aliphatic heterocycles. The van der Waals surface area contributed by atoms with Gasteiger partial charge in [-0.05, 0) is 70.6 Å². The minimum atomic E-state index is -4.32. The van der Waals surface area contributed by atoms with E-state index in [-0.39, 0.29) is 19.1 Å². The number of nitrogens with one attached hydrogen (secondary N) is 1. The molecule has 0 aromatic carbocycles. The fraction of sp³-hybridized carbons (Fsp3) is 0.754. The Labute approximate surface area is 433 Å². The van der Waals surface area contributed by atoms with Crippen molar-refractivity contribution >= 4 is 13.7 Å². The van der Waals surface area contributed by atoms with E-state index < -0.39 is 20.0 Å². The summed E-state index contributed by atoms with van der Waals surface area (Å²) in [6.45, 7) is 4.77. The van der Waals surface area contributed by atoms with Gasteiger partial charge in [-0.2, -0.15) is 0 Å². The molecule has 1 amide bonds. The van der Waals surface area contributed by atoms with Gasteiger partial charge in [0.2, 0.25) is 5.91 Å². The standard InChI is InChI=1S/C61H111N2O6P/c1-6-8-10-12-14-16-18-20-21-22-23-24-25-26-27-28-29-30-31-32-33-34-35-36-37-38-39-40-41-43-45-47-49-51-53-55-61(65)62-59(58-69-70(66,67)68-57-56-63(3,4)5)60(64)54-52-50-48-46-44-42-19-17-15-13-11-9-7-2/h8,10,14,16,20-21,23-24,26-27,29-30,32-33,59-60,64H,6-7,9,11-13,15,17-19,22,25,28,31,34-58H2,1-5H3,(H-,62,65,66,67)/p+1/b10-8-,16-14-,21-20-,24-23-,27-26-,30-29-,33-32-. The van der Waals surface area contributed by atoms with Crippen molar-refractivity contribution in [2.75, 3.05) is 40.9 Å². The Morgan fingerprint density at radius 3 is 1.26 bits per heavy atom. The summed E-state index contributed by atoms with van der Waals surface area (Å²) in [7, 11) is 1.61. The van der Waals surface area contributed by atoms with E-state index in [2.05, 4.69) is 104 Å². The molecule has 0 aliphatic rings. The number of likely N-dealkylation sites (N-methyl/N-ethyl adjacent to an activating group) is 1. The van der Waals surface area contributed by atoms with Gasteiger partial charge in [-0.15, -0.1) is 0 Å². The van der Waals surface area contributed by atoms with Crippen LogP contribution in [-0.2, 0) is 18.4 Å². The van der Waals surface area contributed by atoms with Crippen molar-refractivity contribution in [3.8, 4) is 0 Å². The van der Waals surface area contributed by atoms with Gasteiger partial charge in [0.15, 0.2) is 0 Å². The van der Waals surface area contributed by atoms with Crippen molar-refractivity contribution in [3.05, 3.63) is 85.1 Å². The number of rotatable bonds is 52. The zero-order valence-corrected chi connectivity index (χ0v) is 47.1. The molecule has 0 heterocycles. The molecule has 9 heteroatoms. The third-order valence-corrected chi connectivity index (χ3v) is 13.6. The maximum absolute atomic E-state index is 13.0. The first-order valence-corrected chi connectivity index (χ1v) is 30.4. The number of amides is 1. The van der Waals surface area contributed by atoms with Crippen LogP contribution in [-0.4, -0.2) is 73.4 Å². The third-order valence-electron chi connectivity index (χ3n) is 12.7. The quantitative estimate of drug-likeness (QED) is 0.0243. The van der Waals surface area contributed by atoms with Gasteiger partial charge in [-0.1, -0.05) is 253 Å². The summed E-state index contributed by atoms with van der Waals surface area (Å²) >= 11 is 0. The summed E-state index contributed by atoms with van der Waals surface area (Å²) in [5.74, 6) is -0.148. The number of phosphoric ester groups is 1. The number of allylic oxidation sites excluding steroid dienone is 14. The highest BCUT2D eigenvalue weighted by molar-refractivity contribution is 7.47. The summed E-state index contributed by atoms with van der Waals surface area (Å²) in [5, 5.41) is 14.0. The number of carbonyl (C=O) groups is 1. The van der Waals surface area contributed by atoms with E-state index in [1.807, 2.05) is 21.1 Å². The second-order valence-electron chi connectivity index (χ2n) is 20.6. The number of quaternary nitrogens is 1. The number of unbranched alkanes of at least 4 members (excludes halogenated alkanes) is 25. The molecular weight excluding hydrogens is 888 g/mol. The Morgan fingerprint density at radius 2 is 0.857 bits per heavy atom. The largest absolute Gasteiger partial charge is 0.472 e. The fourth-order valence-corrected chi connectivity index (χ4v) is 8.88. The molecule has 0 aliphatic carbocycles. The van der Waals surface area contributed by atoms with Crippen LogP contribution in [0.1, 0.15) is 245 Å². The lowest BCUT2D eigenvalue weighted by Crippen LogP contribution is -2.46. The molecule has 406 valence electrons. The smallest absolute Gasteiger partial charge is 0.391 e. The van der Waals surface area contributed by atoms with Crippen LogP contribution < -0.4 is 5.32 Å².